The third-order valence-electron chi connectivity index (χ3n) is 4.29. The van der Waals surface area contributed by atoms with Crippen LogP contribution in [-0.4, -0.2) is 20.0 Å². The SMILES string of the molecule is CCc1cnc2c(c1NC(=O)c1ccccc1F)c(=O)n(C)c(=O)n2C. The minimum atomic E-state index is -0.679. The van der Waals surface area contributed by atoms with E-state index in [1.807, 2.05) is 6.92 Å². The van der Waals surface area contributed by atoms with E-state index in [4.69, 9.17) is 0 Å². The topological polar surface area (TPSA) is 86.0 Å². The molecule has 26 heavy (non-hydrogen) atoms. The first kappa shape index (κ1) is 17.5. The molecule has 0 radical (unpaired) electrons. The number of carbonyl (C=O) groups is 1. The van der Waals surface area contributed by atoms with E-state index >= 15 is 0 Å². The Morgan fingerprint density at radius 1 is 1.19 bits per heavy atom. The minimum absolute atomic E-state index is 0.110. The Hall–Kier alpha value is -3.29. The molecule has 7 nitrogen and oxygen atoms in total. The van der Waals surface area contributed by atoms with Gasteiger partial charge in [-0.3, -0.25) is 18.7 Å². The molecular weight excluding hydrogens is 339 g/mol. The number of hydrogen-bond acceptors (Lipinski definition) is 4. The van der Waals surface area contributed by atoms with Gasteiger partial charge in [0.2, 0.25) is 0 Å². The van der Waals surface area contributed by atoms with Gasteiger partial charge in [0, 0.05) is 20.3 Å². The van der Waals surface area contributed by atoms with Crippen molar-refractivity contribution in [2.45, 2.75) is 13.3 Å². The molecule has 1 aromatic carbocycles. The van der Waals surface area contributed by atoms with Crippen LogP contribution in [0.25, 0.3) is 11.0 Å². The first-order valence-electron chi connectivity index (χ1n) is 8.00. The highest BCUT2D eigenvalue weighted by Crippen LogP contribution is 2.24. The number of aromatic nitrogens is 3. The molecule has 0 aliphatic rings. The third-order valence-corrected chi connectivity index (χ3v) is 4.29. The molecule has 0 aliphatic carbocycles. The van der Waals surface area contributed by atoms with Crippen molar-refractivity contribution < 1.29 is 9.18 Å². The number of benzene rings is 1. The normalized spacial score (nSPS) is 10.9. The van der Waals surface area contributed by atoms with Crippen LogP contribution < -0.4 is 16.6 Å². The van der Waals surface area contributed by atoms with E-state index in [0.717, 1.165) is 4.57 Å². The van der Waals surface area contributed by atoms with E-state index in [0.29, 0.717) is 12.0 Å². The summed E-state index contributed by atoms with van der Waals surface area (Å²) in [5, 5.41) is 2.74. The summed E-state index contributed by atoms with van der Waals surface area (Å²) in [7, 11) is 2.84. The van der Waals surface area contributed by atoms with Crippen molar-refractivity contribution in [2.75, 3.05) is 5.32 Å². The van der Waals surface area contributed by atoms with Crippen molar-refractivity contribution in [3.63, 3.8) is 0 Å². The van der Waals surface area contributed by atoms with E-state index in [1.54, 1.807) is 6.07 Å². The first-order valence-corrected chi connectivity index (χ1v) is 8.00. The van der Waals surface area contributed by atoms with Crippen molar-refractivity contribution in [1.82, 2.24) is 14.1 Å². The molecular formula is C18H17FN4O3. The standard InChI is InChI=1S/C18H17FN4O3/c1-4-10-9-20-15-13(17(25)23(3)18(26)22(15)2)14(10)21-16(24)11-7-5-6-8-12(11)19/h5-9H,4H2,1-3H3,(H,20,21,24). The number of halogens is 1. The zero-order valence-corrected chi connectivity index (χ0v) is 14.5. The number of carbonyl (C=O) groups excluding carboxylic acids is 1. The number of anilines is 1. The molecule has 0 unspecified atom stereocenters. The summed E-state index contributed by atoms with van der Waals surface area (Å²) >= 11 is 0. The van der Waals surface area contributed by atoms with Gasteiger partial charge in [-0.1, -0.05) is 19.1 Å². The maximum absolute atomic E-state index is 13.9. The molecule has 3 rings (SSSR count). The molecule has 0 saturated heterocycles. The lowest BCUT2D eigenvalue weighted by Crippen LogP contribution is -2.38. The highest BCUT2D eigenvalue weighted by atomic mass is 19.1. The van der Waals surface area contributed by atoms with E-state index in [-0.39, 0.29) is 22.3 Å². The lowest BCUT2D eigenvalue weighted by molar-refractivity contribution is 0.102. The Bertz CT molecular complexity index is 1150. The lowest BCUT2D eigenvalue weighted by Gasteiger charge is -2.15. The maximum Gasteiger partial charge on any atom is 0.332 e. The number of hydrogen-bond donors (Lipinski definition) is 1. The monoisotopic (exact) mass is 356 g/mol. The molecule has 1 N–H and O–H groups in total. The fraction of sp³-hybridized carbons (Fsp3) is 0.222. The van der Waals surface area contributed by atoms with Gasteiger partial charge in [0.05, 0.1) is 11.3 Å². The predicted octanol–water partition coefficient (Wildman–Crippen LogP) is 1.59. The second-order valence-electron chi connectivity index (χ2n) is 5.85. The summed E-state index contributed by atoms with van der Waals surface area (Å²) in [5.74, 6) is -1.34. The van der Waals surface area contributed by atoms with Crippen LogP contribution in [0.2, 0.25) is 0 Å². The largest absolute Gasteiger partial charge is 0.332 e. The van der Waals surface area contributed by atoms with Gasteiger partial charge in [0.1, 0.15) is 11.2 Å². The molecule has 3 aromatic rings. The maximum atomic E-state index is 13.9. The molecule has 134 valence electrons. The fourth-order valence-electron chi connectivity index (χ4n) is 2.80. The first-order chi connectivity index (χ1) is 12.4. The van der Waals surface area contributed by atoms with Crippen LogP contribution >= 0.6 is 0 Å². The molecule has 0 spiro atoms. The summed E-state index contributed by atoms with van der Waals surface area (Å²) in [6, 6.07) is 5.57. The number of nitrogens with zero attached hydrogens (tertiary/aromatic N) is 3. The number of pyridine rings is 1. The van der Waals surface area contributed by atoms with Crippen LogP contribution in [-0.2, 0) is 20.5 Å². The van der Waals surface area contributed by atoms with Crippen LogP contribution in [0.5, 0.6) is 0 Å². The van der Waals surface area contributed by atoms with Gasteiger partial charge < -0.3 is 5.32 Å². The second-order valence-corrected chi connectivity index (χ2v) is 5.85. The van der Waals surface area contributed by atoms with Crippen LogP contribution in [0.1, 0.15) is 22.8 Å². The van der Waals surface area contributed by atoms with Crippen molar-refractivity contribution in [3.05, 3.63) is 68.2 Å². The predicted molar refractivity (Wildman–Crippen MR) is 96.0 cm³/mol. The van der Waals surface area contributed by atoms with Crippen LogP contribution in [0, 0.1) is 5.82 Å². The van der Waals surface area contributed by atoms with Crippen LogP contribution in [0.15, 0.2) is 40.1 Å². The summed E-state index contributed by atoms with van der Waals surface area (Å²) in [6.45, 7) is 1.84. The average Bonchev–Trinajstić information content (AvgIpc) is 2.64. The molecule has 2 aromatic heterocycles. The van der Waals surface area contributed by atoms with Gasteiger partial charge in [-0.05, 0) is 24.1 Å². The molecule has 0 aliphatic heterocycles. The number of nitrogens with one attached hydrogen (secondary N) is 1. The Labute approximate surface area is 147 Å². The van der Waals surface area contributed by atoms with E-state index in [2.05, 4.69) is 10.3 Å². The molecule has 8 heteroatoms. The van der Waals surface area contributed by atoms with Crippen molar-refractivity contribution in [1.29, 1.82) is 0 Å². The highest BCUT2D eigenvalue weighted by Gasteiger charge is 2.20. The second kappa shape index (κ2) is 6.55. The summed E-state index contributed by atoms with van der Waals surface area (Å²) in [4.78, 5) is 41.5. The Morgan fingerprint density at radius 3 is 2.54 bits per heavy atom. The number of amides is 1. The Kier molecular flexibility index (Phi) is 4.41. The highest BCUT2D eigenvalue weighted by molar-refractivity contribution is 6.09. The number of aryl methyl sites for hydroxylation is 2. The summed E-state index contributed by atoms with van der Waals surface area (Å²) in [6.07, 6.45) is 1.99. The molecule has 1 amide bonds. The molecule has 2 heterocycles. The third kappa shape index (κ3) is 2.69. The lowest BCUT2D eigenvalue weighted by atomic mass is 10.1. The quantitative estimate of drug-likeness (QED) is 0.772. The molecule has 0 bridgehead atoms. The van der Waals surface area contributed by atoms with Crippen molar-refractivity contribution in [2.24, 2.45) is 14.1 Å². The molecule has 0 atom stereocenters. The van der Waals surface area contributed by atoms with Crippen molar-refractivity contribution >= 4 is 22.6 Å². The van der Waals surface area contributed by atoms with Crippen LogP contribution in [0.4, 0.5) is 10.1 Å². The van der Waals surface area contributed by atoms with E-state index in [1.165, 1.54) is 43.1 Å². The minimum Gasteiger partial charge on any atom is -0.321 e. The average molecular weight is 356 g/mol. The van der Waals surface area contributed by atoms with E-state index < -0.39 is 23.0 Å². The Balaban J connectivity index is 2.28. The molecule has 0 saturated carbocycles. The fourth-order valence-corrected chi connectivity index (χ4v) is 2.80. The Morgan fingerprint density at radius 2 is 1.88 bits per heavy atom. The van der Waals surface area contributed by atoms with Gasteiger partial charge in [-0.2, -0.15) is 0 Å². The van der Waals surface area contributed by atoms with Crippen molar-refractivity contribution in [3.8, 4) is 0 Å². The smallest absolute Gasteiger partial charge is 0.321 e. The van der Waals surface area contributed by atoms with Gasteiger partial charge in [0.15, 0.2) is 5.65 Å². The van der Waals surface area contributed by atoms with E-state index in [9.17, 15) is 18.8 Å². The van der Waals surface area contributed by atoms with Gasteiger partial charge in [-0.15, -0.1) is 0 Å². The number of rotatable bonds is 3. The van der Waals surface area contributed by atoms with Gasteiger partial charge >= 0.3 is 5.69 Å². The summed E-state index contributed by atoms with van der Waals surface area (Å²) < 4.78 is 16.1. The zero-order chi connectivity index (χ0) is 19.0. The summed E-state index contributed by atoms with van der Waals surface area (Å²) in [5.41, 5.74) is -0.236. The van der Waals surface area contributed by atoms with Gasteiger partial charge in [-0.25, -0.2) is 14.2 Å². The zero-order valence-electron chi connectivity index (χ0n) is 14.5. The molecule has 0 fully saturated rings. The van der Waals surface area contributed by atoms with Gasteiger partial charge in [0.25, 0.3) is 11.5 Å². The number of fused-ring (bicyclic) bond motifs is 1. The van der Waals surface area contributed by atoms with Crippen LogP contribution in [0.3, 0.4) is 0 Å².